The molecule has 3 rings (SSSR count). The minimum absolute atomic E-state index is 0.157. The van der Waals surface area contributed by atoms with E-state index in [0.29, 0.717) is 11.1 Å². The Balaban J connectivity index is 2.18. The Bertz CT molecular complexity index is 865. The van der Waals surface area contributed by atoms with E-state index in [1.807, 2.05) is 36.7 Å². The van der Waals surface area contributed by atoms with Gasteiger partial charge in [0.15, 0.2) is 5.78 Å². The molecule has 0 unspecified atom stereocenters. The van der Waals surface area contributed by atoms with Crippen molar-refractivity contribution in [1.82, 2.24) is 4.57 Å². The lowest BCUT2D eigenvalue weighted by Gasteiger charge is -2.04. The van der Waals surface area contributed by atoms with Crippen molar-refractivity contribution in [2.75, 3.05) is 5.73 Å². The molecule has 0 bridgehead atoms. The maximum Gasteiger partial charge on any atom is 0.197 e. The molecule has 4 heteroatoms. The summed E-state index contributed by atoms with van der Waals surface area (Å²) in [5.74, 6) is -0.639. The monoisotopic (exact) mass is 282 g/mol. The second kappa shape index (κ2) is 4.74. The number of hydrogen-bond acceptors (Lipinski definition) is 2. The van der Waals surface area contributed by atoms with Gasteiger partial charge in [-0.25, -0.2) is 4.39 Å². The van der Waals surface area contributed by atoms with Gasteiger partial charge >= 0.3 is 0 Å². The number of nitrogens with two attached hydrogens (primary N) is 1. The van der Waals surface area contributed by atoms with Crippen molar-refractivity contribution < 1.29 is 9.18 Å². The largest absolute Gasteiger partial charge is 0.398 e. The molecule has 1 heterocycles. The molecular weight excluding hydrogens is 267 g/mol. The molecule has 3 aromatic rings. The Hall–Kier alpha value is -2.62. The number of nitrogens with zero attached hydrogens (tertiary/aromatic N) is 1. The fraction of sp³-hybridized carbons (Fsp3) is 0.118. The molecule has 0 fully saturated rings. The van der Waals surface area contributed by atoms with Crippen LogP contribution in [0.2, 0.25) is 0 Å². The standard InChI is InChI=1S/C17H15FN2O/c1-10-3-5-12-14(9-20(2)16(12)7-10)17(21)13-6-4-11(18)8-15(13)19/h3-9H,19H2,1-2H3. The maximum atomic E-state index is 13.1. The maximum absolute atomic E-state index is 13.1. The van der Waals surface area contributed by atoms with E-state index >= 15 is 0 Å². The van der Waals surface area contributed by atoms with Gasteiger partial charge in [-0.05, 0) is 36.8 Å². The third-order valence-electron chi connectivity index (χ3n) is 3.65. The van der Waals surface area contributed by atoms with Crippen LogP contribution in [0.3, 0.4) is 0 Å². The van der Waals surface area contributed by atoms with Crippen molar-refractivity contribution in [2.24, 2.45) is 7.05 Å². The lowest BCUT2D eigenvalue weighted by molar-refractivity contribution is 0.104. The van der Waals surface area contributed by atoms with Crippen LogP contribution in [0.15, 0.2) is 42.6 Å². The van der Waals surface area contributed by atoms with Crippen LogP contribution < -0.4 is 5.73 Å². The fourth-order valence-corrected chi connectivity index (χ4v) is 2.56. The summed E-state index contributed by atoms with van der Waals surface area (Å²) in [6, 6.07) is 9.77. The van der Waals surface area contributed by atoms with Gasteiger partial charge in [-0.15, -0.1) is 0 Å². The topological polar surface area (TPSA) is 48.0 Å². The Morgan fingerprint density at radius 1 is 1.14 bits per heavy atom. The number of carbonyl (C=O) groups excluding carboxylic acids is 1. The summed E-state index contributed by atoms with van der Waals surface area (Å²) >= 11 is 0. The quantitative estimate of drug-likeness (QED) is 0.578. The Kier molecular flexibility index (Phi) is 3.01. The third kappa shape index (κ3) is 2.18. The predicted molar refractivity (Wildman–Crippen MR) is 81.9 cm³/mol. The van der Waals surface area contributed by atoms with E-state index in [0.717, 1.165) is 16.5 Å². The highest BCUT2D eigenvalue weighted by Gasteiger charge is 2.18. The van der Waals surface area contributed by atoms with Gasteiger partial charge in [-0.3, -0.25) is 4.79 Å². The van der Waals surface area contributed by atoms with E-state index in [2.05, 4.69) is 0 Å². The summed E-state index contributed by atoms with van der Waals surface area (Å²) in [5, 5.41) is 0.872. The highest BCUT2D eigenvalue weighted by atomic mass is 19.1. The molecule has 106 valence electrons. The smallest absolute Gasteiger partial charge is 0.197 e. The summed E-state index contributed by atoms with van der Waals surface area (Å²) in [4.78, 5) is 12.7. The lowest BCUT2D eigenvalue weighted by atomic mass is 10.0. The normalized spacial score (nSPS) is 11.0. The average molecular weight is 282 g/mol. The van der Waals surface area contributed by atoms with Crippen LogP contribution in [0.1, 0.15) is 21.5 Å². The number of anilines is 1. The van der Waals surface area contributed by atoms with Crippen LogP contribution in [-0.4, -0.2) is 10.4 Å². The number of halogens is 1. The predicted octanol–water partition coefficient (Wildman–Crippen LogP) is 3.44. The number of ketones is 1. The van der Waals surface area contributed by atoms with E-state index in [9.17, 15) is 9.18 Å². The second-order valence-electron chi connectivity index (χ2n) is 5.23. The summed E-state index contributed by atoms with van der Waals surface area (Å²) < 4.78 is 15.0. The highest BCUT2D eigenvalue weighted by Crippen LogP contribution is 2.26. The van der Waals surface area contributed by atoms with Crippen molar-refractivity contribution in [3.63, 3.8) is 0 Å². The Morgan fingerprint density at radius 3 is 2.62 bits per heavy atom. The molecule has 0 aliphatic rings. The average Bonchev–Trinajstić information content (AvgIpc) is 2.75. The van der Waals surface area contributed by atoms with E-state index in [1.54, 1.807) is 6.20 Å². The number of benzene rings is 2. The Labute approximate surface area is 121 Å². The molecule has 21 heavy (non-hydrogen) atoms. The number of fused-ring (bicyclic) bond motifs is 1. The van der Waals surface area contributed by atoms with Gasteiger partial charge in [0, 0.05) is 41.0 Å². The van der Waals surface area contributed by atoms with Crippen molar-refractivity contribution in [3.8, 4) is 0 Å². The second-order valence-corrected chi connectivity index (χ2v) is 5.23. The summed E-state index contributed by atoms with van der Waals surface area (Å²) in [6.07, 6.45) is 1.79. The van der Waals surface area contributed by atoms with E-state index < -0.39 is 5.82 Å². The van der Waals surface area contributed by atoms with E-state index in [4.69, 9.17) is 5.73 Å². The van der Waals surface area contributed by atoms with Crippen molar-refractivity contribution in [3.05, 3.63) is 65.1 Å². The van der Waals surface area contributed by atoms with Crippen LogP contribution in [0.4, 0.5) is 10.1 Å². The first-order chi connectivity index (χ1) is 9.97. The molecule has 0 spiro atoms. The molecule has 1 aromatic heterocycles. The first-order valence-corrected chi connectivity index (χ1v) is 6.63. The van der Waals surface area contributed by atoms with Crippen molar-refractivity contribution in [2.45, 2.75) is 6.92 Å². The van der Waals surface area contributed by atoms with Gasteiger partial charge in [0.2, 0.25) is 0 Å². The van der Waals surface area contributed by atoms with Crippen molar-refractivity contribution >= 4 is 22.4 Å². The molecule has 0 aliphatic carbocycles. The number of aryl methyl sites for hydroxylation is 2. The van der Waals surface area contributed by atoms with E-state index in [-0.39, 0.29) is 11.5 Å². The van der Waals surface area contributed by atoms with Crippen LogP contribution in [0.5, 0.6) is 0 Å². The van der Waals surface area contributed by atoms with Gasteiger partial charge in [0.25, 0.3) is 0 Å². The molecule has 2 aromatic carbocycles. The van der Waals surface area contributed by atoms with Gasteiger partial charge in [0.05, 0.1) is 0 Å². The molecular formula is C17H15FN2O. The molecule has 0 radical (unpaired) electrons. The minimum Gasteiger partial charge on any atom is -0.398 e. The summed E-state index contributed by atoms with van der Waals surface area (Å²) in [6.45, 7) is 2.01. The molecule has 0 aliphatic heterocycles. The van der Waals surface area contributed by atoms with Crippen molar-refractivity contribution in [1.29, 1.82) is 0 Å². The number of rotatable bonds is 2. The first kappa shape index (κ1) is 13.4. The van der Waals surface area contributed by atoms with Gasteiger partial charge in [0.1, 0.15) is 5.82 Å². The van der Waals surface area contributed by atoms with Gasteiger partial charge < -0.3 is 10.3 Å². The Morgan fingerprint density at radius 2 is 1.90 bits per heavy atom. The molecule has 0 atom stereocenters. The number of aromatic nitrogens is 1. The minimum atomic E-state index is -0.447. The molecule has 0 amide bonds. The van der Waals surface area contributed by atoms with Crippen LogP contribution >= 0.6 is 0 Å². The molecule has 3 nitrogen and oxygen atoms in total. The number of carbonyl (C=O) groups is 1. The van der Waals surface area contributed by atoms with Crippen LogP contribution in [0, 0.1) is 12.7 Å². The summed E-state index contributed by atoms with van der Waals surface area (Å²) in [7, 11) is 1.90. The van der Waals surface area contributed by atoms with E-state index in [1.165, 1.54) is 18.2 Å². The number of hydrogen-bond donors (Lipinski definition) is 1. The van der Waals surface area contributed by atoms with Gasteiger partial charge in [-0.2, -0.15) is 0 Å². The fourth-order valence-electron chi connectivity index (χ4n) is 2.56. The van der Waals surface area contributed by atoms with Crippen LogP contribution in [0.25, 0.3) is 10.9 Å². The third-order valence-corrected chi connectivity index (χ3v) is 3.65. The lowest BCUT2D eigenvalue weighted by Crippen LogP contribution is -2.05. The van der Waals surface area contributed by atoms with Crippen LogP contribution in [-0.2, 0) is 7.05 Å². The molecule has 0 saturated carbocycles. The van der Waals surface area contributed by atoms with Gasteiger partial charge in [-0.1, -0.05) is 12.1 Å². The summed E-state index contributed by atoms with van der Waals surface area (Å²) in [5.41, 5.74) is 8.94. The highest BCUT2D eigenvalue weighted by molar-refractivity contribution is 6.18. The SMILES string of the molecule is Cc1ccc2c(C(=O)c3ccc(F)cc3N)cn(C)c2c1. The molecule has 2 N–H and O–H groups in total. The zero-order valence-electron chi connectivity index (χ0n) is 11.9. The molecule has 0 saturated heterocycles. The zero-order valence-corrected chi connectivity index (χ0v) is 11.9. The number of nitrogen functional groups attached to an aromatic ring is 1. The zero-order chi connectivity index (χ0) is 15.1. The first-order valence-electron chi connectivity index (χ1n) is 6.63.